The normalized spacial score (nSPS) is 12.7. The summed E-state index contributed by atoms with van der Waals surface area (Å²) in [6, 6.07) is 17.8. The molecule has 1 aliphatic rings. The van der Waals surface area contributed by atoms with Gasteiger partial charge in [-0.15, -0.1) is 0 Å². The van der Waals surface area contributed by atoms with E-state index in [1.54, 1.807) is 31.2 Å². The largest absolute Gasteiger partial charge is 0.454 e. The Morgan fingerprint density at radius 2 is 1.88 bits per heavy atom. The third-order valence-corrected chi connectivity index (χ3v) is 6.59. The molecule has 12 heteroatoms. The van der Waals surface area contributed by atoms with Crippen LogP contribution in [0.15, 0.2) is 59.7 Å². The predicted molar refractivity (Wildman–Crippen MR) is 154 cm³/mol. The van der Waals surface area contributed by atoms with Gasteiger partial charge in [-0.25, -0.2) is 4.79 Å². The van der Waals surface area contributed by atoms with Crippen molar-refractivity contribution < 1.29 is 23.9 Å². The van der Waals surface area contributed by atoms with E-state index in [9.17, 15) is 19.6 Å². The number of fused-ring (bicyclic) bond motifs is 1. The Balaban J connectivity index is 1.44. The van der Waals surface area contributed by atoms with Gasteiger partial charge >= 0.3 is 6.09 Å². The monoisotopic (exact) mass is 593 g/mol. The Morgan fingerprint density at radius 1 is 1.12 bits per heavy atom. The number of aryl methyl sites for hydroxylation is 1. The highest BCUT2D eigenvalue weighted by Gasteiger charge is 2.25. The number of anilines is 1. The molecule has 0 atom stereocenters. The molecule has 3 aromatic rings. The van der Waals surface area contributed by atoms with Crippen molar-refractivity contribution in [1.82, 2.24) is 10.2 Å². The van der Waals surface area contributed by atoms with Gasteiger partial charge in [0.25, 0.3) is 11.8 Å². The third kappa shape index (κ3) is 7.33. The molecule has 0 saturated heterocycles. The highest BCUT2D eigenvalue weighted by atomic mass is 35.5. The van der Waals surface area contributed by atoms with E-state index < -0.39 is 17.7 Å². The molecule has 210 valence electrons. The van der Waals surface area contributed by atoms with Gasteiger partial charge in [-0.05, 0) is 61.7 Å². The topological polar surface area (TPSA) is 133 Å². The van der Waals surface area contributed by atoms with Gasteiger partial charge in [0.15, 0.2) is 5.75 Å². The summed E-state index contributed by atoms with van der Waals surface area (Å²) in [5, 5.41) is 15.0. The summed E-state index contributed by atoms with van der Waals surface area (Å²) in [7, 11) is 0. The Hall–Kier alpha value is -4.59. The van der Waals surface area contributed by atoms with E-state index >= 15 is 0 Å². The summed E-state index contributed by atoms with van der Waals surface area (Å²) >= 11 is 12.8. The van der Waals surface area contributed by atoms with Crippen molar-refractivity contribution in [2.24, 2.45) is 5.10 Å². The summed E-state index contributed by atoms with van der Waals surface area (Å²) in [5.74, 6) is -0.459. The van der Waals surface area contributed by atoms with E-state index in [2.05, 4.69) is 21.3 Å². The molecule has 0 aromatic heterocycles. The van der Waals surface area contributed by atoms with E-state index in [-0.39, 0.29) is 34.0 Å². The number of nitrogens with one attached hydrogen (secondary N) is 2. The first-order valence-electron chi connectivity index (χ1n) is 12.5. The number of nitriles is 1. The van der Waals surface area contributed by atoms with Crippen molar-refractivity contribution in [2.75, 3.05) is 18.6 Å². The van der Waals surface area contributed by atoms with Crippen LogP contribution >= 0.6 is 23.2 Å². The Morgan fingerprint density at radius 3 is 2.56 bits per heavy atom. The number of rotatable bonds is 8. The number of carbonyl (C=O) groups is 3. The number of halogens is 2. The Labute approximate surface area is 246 Å². The number of ether oxygens (including phenoxy) is 2. The molecule has 0 fully saturated rings. The number of imide groups is 1. The lowest BCUT2D eigenvalue weighted by atomic mass is 9.98. The van der Waals surface area contributed by atoms with Crippen molar-refractivity contribution in [3.05, 3.63) is 86.9 Å². The molecule has 3 aromatic carbocycles. The first-order chi connectivity index (χ1) is 19.7. The van der Waals surface area contributed by atoms with Gasteiger partial charge in [0.2, 0.25) is 5.71 Å². The third-order valence-electron chi connectivity index (χ3n) is 6.03. The first kappa shape index (κ1) is 29.4. The van der Waals surface area contributed by atoms with Crippen LogP contribution in [-0.4, -0.2) is 41.7 Å². The number of nitrogens with zero attached hydrogens (tertiary/aromatic N) is 3. The summed E-state index contributed by atoms with van der Waals surface area (Å²) in [6.07, 6.45) is -0.337. The fourth-order valence-corrected chi connectivity index (χ4v) is 4.73. The highest BCUT2D eigenvalue weighted by Crippen LogP contribution is 2.39. The van der Waals surface area contributed by atoms with Crippen LogP contribution in [0.2, 0.25) is 10.0 Å². The maximum Gasteiger partial charge on any atom is 0.414 e. The van der Waals surface area contributed by atoms with E-state index in [0.29, 0.717) is 30.8 Å². The zero-order valence-electron chi connectivity index (χ0n) is 22.2. The zero-order chi connectivity index (χ0) is 29.5. The number of alkyl carbamates (subject to hydrolysis) is 1. The number of hydrazone groups is 1. The molecule has 0 unspecified atom stereocenters. The molecular formula is C29H25Cl2N5O5. The molecule has 41 heavy (non-hydrogen) atoms. The van der Waals surface area contributed by atoms with Crippen LogP contribution in [0.5, 0.6) is 11.5 Å². The van der Waals surface area contributed by atoms with Crippen LogP contribution in [-0.2, 0) is 22.5 Å². The minimum Gasteiger partial charge on any atom is -0.454 e. The smallest absolute Gasteiger partial charge is 0.414 e. The highest BCUT2D eigenvalue weighted by molar-refractivity contribution is 6.47. The molecule has 3 amide bonds. The molecule has 0 radical (unpaired) electrons. The van der Waals surface area contributed by atoms with Crippen LogP contribution < -0.4 is 15.5 Å². The molecule has 10 nitrogen and oxygen atoms in total. The van der Waals surface area contributed by atoms with Crippen LogP contribution in [0.3, 0.4) is 0 Å². The van der Waals surface area contributed by atoms with E-state index in [1.165, 1.54) is 12.1 Å². The number of amides is 3. The molecule has 0 saturated carbocycles. The predicted octanol–water partition coefficient (Wildman–Crippen LogP) is 5.86. The van der Waals surface area contributed by atoms with Crippen molar-refractivity contribution in [1.29, 1.82) is 5.26 Å². The van der Waals surface area contributed by atoms with E-state index in [4.69, 9.17) is 27.9 Å². The quantitative estimate of drug-likeness (QED) is 0.247. The molecule has 4 rings (SSSR count). The lowest BCUT2D eigenvalue weighted by molar-refractivity contribution is -0.114. The van der Waals surface area contributed by atoms with Crippen molar-refractivity contribution in [3.63, 3.8) is 0 Å². The zero-order valence-corrected chi connectivity index (χ0v) is 23.7. The van der Waals surface area contributed by atoms with Crippen LogP contribution in [0, 0.1) is 18.3 Å². The van der Waals surface area contributed by atoms with E-state index in [1.807, 2.05) is 35.3 Å². The maximum atomic E-state index is 13.1. The second kappa shape index (κ2) is 13.2. The van der Waals surface area contributed by atoms with Gasteiger partial charge in [0.05, 0.1) is 22.3 Å². The number of benzene rings is 3. The standard InChI is InChI=1S/C29H25Cl2N5O5/c1-3-40-29(39)33-27(37)25(15-32)35-34-20-13-23(30)26(24(31)14-20)41-21-7-8-22-19(12-21)9-10-36(28(22)38)16-18-6-4-5-17(2)11-18/h4-8,11-14,34H,3,9-10,16H2,1-2H3,(H,33,37,39). The lowest BCUT2D eigenvalue weighted by Gasteiger charge is -2.29. The van der Waals surface area contributed by atoms with Gasteiger partial charge in [-0.2, -0.15) is 10.4 Å². The second-order valence-electron chi connectivity index (χ2n) is 9.01. The fraction of sp³-hybridized carbons (Fsp3) is 0.207. The van der Waals surface area contributed by atoms with Crippen molar-refractivity contribution >= 4 is 52.5 Å². The van der Waals surface area contributed by atoms with Crippen molar-refractivity contribution in [2.45, 2.75) is 26.8 Å². The SMILES string of the molecule is CCOC(=O)NC(=O)C(C#N)=NNc1cc(Cl)c(Oc2ccc3c(c2)CCN(Cc2cccc(C)c2)C3=O)c(Cl)c1. The van der Waals surface area contributed by atoms with Gasteiger partial charge in [-0.3, -0.25) is 20.3 Å². The second-order valence-corrected chi connectivity index (χ2v) is 9.83. The number of carbonyl (C=O) groups excluding carboxylic acids is 3. The molecule has 1 aliphatic heterocycles. The van der Waals surface area contributed by atoms with Crippen LogP contribution in [0.1, 0.15) is 34.0 Å². The number of hydrogen-bond donors (Lipinski definition) is 2. The minimum atomic E-state index is -1.04. The van der Waals surface area contributed by atoms with E-state index in [0.717, 1.165) is 16.7 Å². The van der Waals surface area contributed by atoms with Gasteiger partial charge < -0.3 is 14.4 Å². The lowest BCUT2D eigenvalue weighted by Crippen LogP contribution is -2.37. The molecule has 0 bridgehead atoms. The van der Waals surface area contributed by atoms with Crippen LogP contribution in [0.25, 0.3) is 0 Å². The molecular weight excluding hydrogens is 569 g/mol. The fourth-order valence-electron chi connectivity index (χ4n) is 4.16. The Bertz CT molecular complexity index is 1560. The first-order valence-corrected chi connectivity index (χ1v) is 13.3. The molecule has 1 heterocycles. The maximum absolute atomic E-state index is 13.1. The molecule has 0 spiro atoms. The average Bonchev–Trinajstić information content (AvgIpc) is 2.93. The minimum absolute atomic E-state index is 0.0426. The van der Waals surface area contributed by atoms with Crippen molar-refractivity contribution in [3.8, 4) is 17.6 Å². The summed E-state index contributed by atoms with van der Waals surface area (Å²) < 4.78 is 10.6. The number of hydrogen-bond acceptors (Lipinski definition) is 8. The van der Waals surface area contributed by atoms with Gasteiger partial charge in [0, 0.05) is 18.7 Å². The van der Waals surface area contributed by atoms with Crippen LogP contribution in [0.4, 0.5) is 10.5 Å². The van der Waals surface area contributed by atoms with Gasteiger partial charge in [-0.1, -0.05) is 53.0 Å². The summed E-state index contributed by atoms with van der Waals surface area (Å²) in [6.45, 7) is 4.77. The molecule has 2 N–H and O–H groups in total. The summed E-state index contributed by atoms with van der Waals surface area (Å²) in [4.78, 5) is 38.4. The van der Waals surface area contributed by atoms with Gasteiger partial charge in [0.1, 0.15) is 11.8 Å². The summed E-state index contributed by atoms with van der Waals surface area (Å²) in [5.41, 5.74) is 5.85. The Kier molecular flexibility index (Phi) is 9.45. The molecule has 0 aliphatic carbocycles. The average molecular weight is 594 g/mol.